The van der Waals surface area contributed by atoms with Gasteiger partial charge in [0.05, 0.1) is 6.54 Å². The summed E-state index contributed by atoms with van der Waals surface area (Å²) in [5, 5.41) is 3.69. The number of nitrogens with one attached hydrogen (secondary N) is 1. The summed E-state index contributed by atoms with van der Waals surface area (Å²) in [6, 6.07) is 17.2. The number of guanidine groups is 1. The molecule has 0 aromatic heterocycles. The van der Waals surface area contributed by atoms with E-state index in [4.69, 9.17) is 22.1 Å². The Hall–Kier alpha value is -1.31. The molecular weight excluding hydrogens is 413 g/mol. The van der Waals surface area contributed by atoms with Gasteiger partial charge in [0.25, 0.3) is 0 Å². The second-order valence-corrected chi connectivity index (χ2v) is 4.87. The minimum atomic E-state index is -0.227. The molecule has 0 heterocycles. The van der Waals surface area contributed by atoms with Gasteiger partial charge < -0.3 is 15.8 Å². The lowest BCUT2D eigenvalue weighted by Gasteiger charge is -2.15. The molecule has 1 unspecified atom stereocenters. The van der Waals surface area contributed by atoms with Crippen molar-refractivity contribution in [3.63, 3.8) is 0 Å². The van der Waals surface area contributed by atoms with E-state index in [2.05, 4.69) is 10.3 Å². The lowest BCUT2D eigenvalue weighted by Crippen LogP contribution is -2.23. The number of nitrogens with zero attached hydrogens (tertiary/aromatic N) is 1. The third-order valence-corrected chi connectivity index (χ3v) is 3.35. The van der Waals surface area contributed by atoms with Gasteiger partial charge in [0.15, 0.2) is 5.96 Å². The Morgan fingerprint density at radius 1 is 1.18 bits per heavy atom. The summed E-state index contributed by atoms with van der Waals surface area (Å²) in [7, 11) is 1.63. The number of rotatable bonds is 5. The molecule has 6 heteroatoms. The molecule has 0 amide bonds. The fraction of sp³-hybridized carbons (Fsp3) is 0.188. The molecule has 2 aromatic carbocycles. The first kappa shape index (κ1) is 18.7. The third kappa shape index (κ3) is 5.47. The zero-order valence-corrected chi connectivity index (χ0v) is 15.3. The van der Waals surface area contributed by atoms with Crippen molar-refractivity contribution in [2.45, 2.75) is 6.10 Å². The Morgan fingerprint density at radius 3 is 2.45 bits per heavy atom. The van der Waals surface area contributed by atoms with Crippen molar-refractivity contribution in [1.29, 1.82) is 0 Å². The Kier molecular flexibility index (Phi) is 8.22. The van der Waals surface area contributed by atoms with Crippen LogP contribution in [0.4, 0.5) is 5.69 Å². The monoisotopic (exact) mass is 431 g/mol. The molecular formula is C16H19ClIN3O. The summed E-state index contributed by atoms with van der Waals surface area (Å²) >= 11 is 6.17. The van der Waals surface area contributed by atoms with Gasteiger partial charge in [-0.15, -0.1) is 24.0 Å². The van der Waals surface area contributed by atoms with E-state index >= 15 is 0 Å². The molecule has 2 aromatic rings. The largest absolute Gasteiger partial charge is 0.375 e. The summed E-state index contributed by atoms with van der Waals surface area (Å²) in [5.74, 6) is 0.343. The van der Waals surface area contributed by atoms with Crippen LogP contribution in [0.2, 0.25) is 5.02 Å². The van der Waals surface area contributed by atoms with Crippen molar-refractivity contribution in [2.75, 3.05) is 19.0 Å². The molecule has 0 spiro atoms. The van der Waals surface area contributed by atoms with Crippen LogP contribution in [0.15, 0.2) is 59.6 Å². The molecule has 3 N–H and O–H groups in total. The first-order chi connectivity index (χ1) is 10.2. The fourth-order valence-corrected chi connectivity index (χ4v) is 2.18. The predicted octanol–water partition coefficient (Wildman–Crippen LogP) is 4.07. The SMILES string of the molecule is COC(CN=C(N)Nc1ccccc1)c1ccccc1Cl.I. The number of halogens is 2. The Balaban J connectivity index is 0.00000242. The molecule has 22 heavy (non-hydrogen) atoms. The highest BCUT2D eigenvalue weighted by molar-refractivity contribution is 14.0. The van der Waals surface area contributed by atoms with Crippen molar-refractivity contribution in [3.8, 4) is 0 Å². The second kappa shape index (κ2) is 9.66. The third-order valence-electron chi connectivity index (χ3n) is 3.01. The van der Waals surface area contributed by atoms with Crippen molar-refractivity contribution in [2.24, 2.45) is 10.7 Å². The van der Waals surface area contributed by atoms with Crippen molar-refractivity contribution < 1.29 is 4.74 Å². The van der Waals surface area contributed by atoms with Gasteiger partial charge in [-0.3, -0.25) is 4.99 Å². The van der Waals surface area contributed by atoms with E-state index in [-0.39, 0.29) is 30.1 Å². The summed E-state index contributed by atoms with van der Waals surface area (Å²) in [6.07, 6.45) is -0.227. The van der Waals surface area contributed by atoms with Crippen LogP contribution in [-0.4, -0.2) is 19.6 Å². The quantitative estimate of drug-likeness (QED) is 0.426. The van der Waals surface area contributed by atoms with E-state index in [0.29, 0.717) is 17.5 Å². The smallest absolute Gasteiger partial charge is 0.193 e. The van der Waals surface area contributed by atoms with E-state index < -0.39 is 0 Å². The van der Waals surface area contributed by atoms with E-state index in [9.17, 15) is 0 Å². The molecule has 118 valence electrons. The molecule has 0 aliphatic heterocycles. The van der Waals surface area contributed by atoms with Gasteiger partial charge in [-0.05, 0) is 18.2 Å². The van der Waals surface area contributed by atoms with Gasteiger partial charge >= 0.3 is 0 Å². The summed E-state index contributed by atoms with van der Waals surface area (Å²) in [6.45, 7) is 0.395. The van der Waals surface area contributed by atoms with Crippen molar-refractivity contribution in [3.05, 3.63) is 65.2 Å². The number of aliphatic imine (C=N–C) groups is 1. The van der Waals surface area contributed by atoms with E-state index in [0.717, 1.165) is 11.3 Å². The molecule has 2 rings (SSSR count). The molecule has 0 fully saturated rings. The van der Waals surface area contributed by atoms with Crippen LogP contribution in [0.3, 0.4) is 0 Å². The van der Waals surface area contributed by atoms with Gasteiger partial charge in [-0.2, -0.15) is 0 Å². The van der Waals surface area contributed by atoms with Crippen LogP contribution in [0.25, 0.3) is 0 Å². The van der Waals surface area contributed by atoms with Crippen LogP contribution in [0.1, 0.15) is 11.7 Å². The maximum absolute atomic E-state index is 6.17. The normalized spacial score (nSPS) is 12.4. The first-order valence-corrected chi connectivity index (χ1v) is 6.97. The standard InChI is InChI=1S/C16H18ClN3O.HI/c1-21-15(13-9-5-6-10-14(13)17)11-19-16(18)20-12-7-3-2-4-8-12;/h2-10,15H,11H2,1H3,(H3,18,19,20);1H. The van der Waals surface area contributed by atoms with Crippen LogP contribution >= 0.6 is 35.6 Å². The van der Waals surface area contributed by atoms with Crippen LogP contribution in [0, 0.1) is 0 Å². The lowest BCUT2D eigenvalue weighted by atomic mass is 10.1. The molecule has 0 radical (unpaired) electrons. The number of methoxy groups -OCH3 is 1. The summed E-state index contributed by atoms with van der Waals surface area (Å²) in [4.78, 5) is 4.31. The maximum Gasteiger partial charge on any atom is 0.193 e. The van der Waals surface area contributed by atoms with Crippen molar-refractivity contribution in [1.82, 2.24) is 0 Å². The molecule has 0 saturated heterocycles. The highest BCUT2D eigenvalue weighted by atomic mass is 127. The zero-order chi connectivity index (χ0) is 15.1. The first-order valence-electron chi connectivity index (χ1n) is 6.60. The summed E-state index contributed by atoms with van der Waals surface area (Å²) in [5.41, 5.74) is 7.67. The van der Waals surface area contributed by atoms with Gasteiger partial charge in [0, 0.05) is 23.4 Å². The number of nitrogens with two attached hydrogens (primary N) is 1. The minimum absolute atomic E-state index is 0. The van der Waals surface area contributed by atoms with E-state index in [1.54, 1.807) is 7.11 Å². The van der Waals surface area contributed by atoms with Gasteiger partial charge in [-0.25, -0.2) is 0 Å². The van der Waals surface area contributed by atoms with Gasteiger partial charge in [0.1, 0.15) is 6.10 Å². The average Bonchev–Trinajstić information content (AvgIpc) is 2.50. The summed E-state index contributed by atoms with van der Waals surface area (Å²) < 4.78 is 5.44. The lowest BCUT2D eigenvalue weighted by molar-refractivity contribution is 0.111. The molecule has 0 aliphatic rings. The number of anilines is 1. The Bertz CT molecular complexity index is 607. The predicted molar refractivity (Wildman–Crippen MR) is 103 cm³/mol. The molecule has 0 bridgehead atoms. The molecule has 0 aliphatic carbocycles. The Labute approximate surface area is 152 Å². The Morgan fingerprint density at radius 2 is 1.82 bits per heavy atom. The van der Waals surface area contributed by atoms with Crippen LogP contribution in [-0.2, 0) is 4.74 Å². The minimum Gasteiger partial charge on any atom is -0.375 e. The number of hydrogen-bond acceptors (Lipinski definition) is 2. The van der Waals surface area contributed by atoms with E-state index in [1.165, 1.54) is 0 Å². The average molecular weight is 432 g/mol. The van der Waals surface area contributed by atoms with Crippen LogP contribution in [0.5, 0.6) is 0 Å². The number of benzene rings is 2. The van der Waals surface area contributed by atoms with Crippen LogP contribution < -0.4 is 11.1 Å². The zero-order valence-electron chi connectivity index (χ0n) is 12.2. The fourth-order valence-electron chi connectivity index (χ4n) is 1.93. The highest BCUT2D eigenvalue weighted by Crippen LogP contribution is 2.25. The van der Waals surface area contributed by atoms with Gasteiger partial charge in [0.2, 0.25) is 0 Å². The number of ether oxygens (including phenoxy) is 1. The highest BCUT2D eigenvalue weighted by Gasteiger charge is 2.13. The molecule has 0 saturated carbocycles. The topological polar surface area (TPSA) is 59.6 Å². The van der Waals surface area contributed by atoms with Crippen molar-refractivity contribution >= 4 is 47.2 Å². The van der Waals surface area contributed by atoms with Gasteiger partial charge in [-0.1, -0.05) is 48.0 Å². The second-order valence-electron chi connectivity index (χ2n) is 4.46. The molecule has 4 nitrogen and oxygen atoms in total. The maximum atomic E-state index is 6.17. The molecule has 1 atom stereocenters. The number of para-hydroxylation sites is 1. The number of hydrogen-bond donors (Lipinski definition) is 2. The van der Waals surface area contributed by atoms with E-state index in [1.807, 2.05) is 54.6 Å².